The fraction of sp³-hybridized carbons (Fsp3) is 0.588. The zero-order valence-electron chi connectivity index (χ0n) is 13.0. The molecule has 0 radical (unpaired) electrons. The SMILES string of the molecule is CC(O)[C@H]1C[C@@H]1c1c(Cl)cc2c(cnn2[C@@H]2CCCCO2)c1Br. The lowest BCUT2D eigenvalue weighted by Crippen LogP contribution is -2.19. The van der Waals surface area contributed by atoms with Gasteiger partial charge in [-0.2, -0.15) is 5.10 Å². The number of aromatic nitrogens is 2. The number of rotatable bonds is 3. The normalized spacial score (nSPS) is 29.0. The van der Waals surface area contributed by atoms with Gasteiger partial charge in [0.2, 0.25) is 0 Å². The van der Waals surface area contributed by atoms with E-state index < -0.39 is 0 Å². The van der Waals surface area contributed by atoms with Crippen LogP contribution in [0.25, 0.3) is 10.9 Å². The molecular weight excluding hydrogens is 380 g/mol. The van der Waals surface area contributed by atoms with E-state index in [9.17, 15) is 5.11 Å². The van der Waals surface area contributed by atoms with E-state index in [1.807, 2.05) is 23.9 Å². The summed E-state index contributed by atoms with van der Waals surface area (Å²) in [6, 6.07) is 2.00. The number of aliphatic hydroxyl groups excluding tert-OH is 1. The smallest absolute Gasteiger partial charge is 0.150 e. The highest BCUT2D eigenvalue weighted by atomic mass is 79.9. The van der Waals surface area contributed by atoms with Crippen molar-refractivity contribution >= 4 is 38.4 Å². The Morgan fingerprint density at radius 1 is 1.48 bits per heavy atom. The van der Waals surface area contributed by atoms with E-state index in [2.05, 4.69) is 21.0 Å². The maximum atomic E-state index is 9.80. The summed E-state index contributed by atoms with van der Waals surface area (Å²) in [7, 11) is 0. The van der Waals surface area contributed by atoms with Crippen LogP contribution in [0.1, 0.15) is 50.3 Å². The van der Waals surface area contributed by atoms with E-state index in [0.29, 0.717) is 11.8 Å². The van der Waals surface area contributed by atoms with Gasteiger partial charge in [0, 0.05) is 21.5 Å². The molecule has 6 heteroatoms. The average molecular weight is 400 g/mol. The summed E-state index contributed by atoms with van der Waals surface area (Å²) in [5.41, 5.74) is 2.11. The molecular formula is C17H20BrClN2O2. The van der Waals surface area contributed by atoms with Crippen molar-refractivity contribution in [3.05, 3.63) is 27.3 Å². The van der Waals surface area contributed by atoms with Crippen molar-refractivity contribution in [2.75, 3.05) is 6.61 Å². The van der Waals surface area contributed by atoms with Gasteiger partial charge in [-0.15, -0.1) is 0 Å². The van der Waals surface area contributed by atoms with Crippen LogP contribution in [0.4, 0.5) is 0 Å². The summed E-state index contributed by atoms with van der Waals surface area (Å²) in [5, 5.41) is 16.2. The molecule has 4 rings (SSSR count). The standard InChI is InChI=1S/C17H20BrClN2O2/c1-9(22)10-6-11(10)16-13(19)7-14-12(17(16)18)8-20-21(14)15-4-2-3-5-23-15/h7-11,15,22H,2-6H2,1H3/t9?,10-,11+,15+/m1/s1. The lowest BCUT2D eigenvalue weighted by Gasteiger charge is -2.23. The molecule has 1 N–H and O–H groups in total. The molecule has 4 atom stereocenters. The minimum atomic E-state index is -0.294. The zero-order valence-corrected chi connectivity index (χ0v) is 15.3. The second kappa shape index (κ2) is 6.03. The maximum absolute atomic E-state index is 9.80. The van der Waals surface area contributed by atoms with E-state index in [1.165, 1.54) is 0 Å². The summed E-state index contributed by atoms with van der Waals surface area (Å²) >= 11 is 10.3. The predicted molar refractivity (Wildman–Crippen MR) is 93.8 cm³/mol. The molecule has 1 aromatic carbocycles. The zero-order chi connectivity index (χ0) is 16.1. The molecule has 2 aliphatic rings. The number of ether oxygens (including phenoxy) is 1. The third-order valence-electron chi connectivity index (χ3n) is 5.09. The third kappa shape index (κ3) is 2.72. The molecule has 1 aliphatic carbocycles. The van der Waals surface area contributed by atoms with Crippen molar-refractivity contribution < 1.29 is 9.84 Å². The van der Waals surface area contributed by atoms with Crippen LogP contribution in [-0.2, 0) is 4.74 Å². The van der Waals surface area contributed by atoms with Gasteiger partial charge >= 0.3 is 0 Å². The van der Waals surface area contributed by atoms with Gasteiger partial charge in [0.15, 0.2) is 6.23 Å². The first-order valence-corrected chi connectivity index (χ1v) is 9.39. The van der Waals surface area contributed by atoms with Gasteiger partial charge in [-0.1, -0.05) is 11.6 Å². The average Bonchev–Trinajstić information content (AvgIpc) is 3.20. The van der Waals surface area contributed by atoms with Crippen LogP contribution in [0.2, 0.25) is 5.02 Å². The van der Waals surface area contributed by atoms with Crippen LogP contribution in [0.3, 0.4) is 0 Å². The Hall–Kier alpha value is -0.620. The van der Waals surface area contributed by atoms with E-state index in [0.717, 1.165) is 58.3 Å². The Balaban J connectivity index is 1.75. The predicted octanol–water partition coefficient (Wildman–Crippen LogP) is 4.64. The Labute approximate surface area is 148 Å². The van der Waals surface area contributed by atoms with E-state index in [4.69, 9.17) is 16.3 Å². The third-order valence-corrected chi connectivity index (χ3v) is 6.25. The molecule has 1 saturated heterocycles. The number of hydrogen-bond acceptors (Lipinski definition) is 3. The van der Waals surface area contributed by atoms with Crippen molar-refractivity contribution in [2.45, 2.75) is 50.9 Å². The molecule has 1 unspecified atom stereocenters. The Morgan fingerprint density at radius 3 is 2.96 bits per heavy atom. The highest BCUT2D eigenvalue weighted by Gasteiger charge is 2.44. The molecule has 124 valence electrons. The first-order chi connectivity index (χ1) is 11.1. The van der Waals surface area contributed by atoms with Crippen LogP contribution in [0.15, 0.2) is 16.7 Å². The van der Waals surface area contributed by atoms with E-state index in [-0.39, 0.29) is 12.3 Å². The van der Waals surface area contributed by atoms with E-state index in [1.54, 1.807) is 0 Å². The number of fused-ring (bicyclic) bond motifs is 1. The monoisotopic (exact) mass is 398 g/mol. The summed E-state index contributed by atoms with van der Waals surface area (Å²) in [6.07, 6.45) is 5.85. The van der Waals surface area contributed by atoms with Crippen molar-refractivity contribution in [3.8, 4) is 0 Å². The van der Waals surface area contributed by atoms with Gasteiger partial charge < -0.3 is 9.84 Å². The minimum absolute atomic E-state index is 0.00111. The van der Waals surface area contributed by atoms with Gasteiger partial charge in [-0.05, 0) is 72.0 Å². The summed E-state index contributed by atoms with van der Waals surface area (Å²) < 4.78 is 8.82. The minimum Gasteiger partial charge on any atom is -0.393 e. The number of benzene rings is 1. The van der Waals surface area contributed by atoms with Crippen LogP contribution in [0.5, 0.6) is 0 Å². The van der Waals surface area contributed by atoms with Crippen LogP contribution < -0.4 is 0 Å². The number of halogens is 2. The number of hydrogen-bond donors (Lipinski definition) is 1. The molecule has 0 spiro atoms. The Kier molecular flexibility index (Phi) is 4.16. The molecule has 2 fully saturated rings. The molecule has 2 heterocycles. The fourth-order valence-electron chi connectivity index (χ4n) is 3.70. The highest BCUT2D eigenvalue weighted by molar-refractivity contribution is 9.10. The molecule has 1 aliphatic heterocycles. The molecule has 23 heavy (non-hydrogen) atoms. The van der Waals surface area contributed by atoms with E-state index >= 15 is 0 Å². The molecule has 1 saturated carbocycles. The van der Waals surface area contributed by atoms with Gasteiger partial charge in [0.05, 0.1) is 17.8 Å². The second-order valence-electron chi connectivity index (χ2n) is 6.68. The van der Waals surface area contributed by atoms with Crippen LogP contribution in [-0.4, -0.2) is 27.6 Å². The van der Waals surface area contributed by atoms with Crippen molar-refractivity contribution in [1.29, 1.82) is 0 Å². The molecule has 0 bridgehead atoms. The van der Waals surface area contributed by atoms with Gasteiger partial charge in [-0.3, -0.25) is 0 Å². The molecule has 2 aromatic rings. The summed E-state index contributed by atoms with van der Waals surface area (Å²) in [6.45, 7) is 2.64. The first-order valence-electron chi connectivity index (χ1n) is 8.22. The van der Waals surface area contributed by atoms with Crippen LogP contribution in [0, 0.1) is 5.92 Å². The van der Waals surface area contributed by atoms with Gasteiger partial charge in [-0.25, -0.2) is 4.68 Å². The topological polar surface area (TPSA) is 47.3 Å². The van der Waals surface area contributed by atoms with Crippen LogP contribution >= 0.6 is 27.5 Å². The van der Waals surface area contributed by atoms with Gasteiger partial charge in [0.25, 0.3) is 0 Å². The molecule has 1 aromatic heterocycles. The first kappa shape index (κ1) is 15.9. The molecule has 4 nitrogen and oxygen atoms in total. The van der Waals surface area contributed by atoms with Gasteiger partial charge in [0.1, 0.15) is 0 Å². The highest BCUT2D eigenvalue weighted by Crippen LogP contribution is 2.54. The second-order valence-corrected chi connectivity index (χ2v) is 7.88. The fourth-order valence-corrected chi connectivity index (χ4v) is 4.96. The number of nitrogens with zero attached hydrogens (tertiary/aromatic N) is 2. The Bertz CT molecular complexity index is 740. The number of aliphatic hydroxyl groups is 1. The summed E-state index contributed by atoms with van der Waals surface area (Å²) in [4.78, 5) is 0. The Morgan fingerprint density at radius 2 is 2.30 bits per heavy atom. The van der Waals surface area contributed by atoms with Crippen molar-refractivity contribution in [2.24, 2.45) is 5.92 Å². The maximum Gasteiger partial charge on any atom is 0.150 e. The lowest BCUT2D eigenvalue weighted by molar-refractivity contribution is -0.0366. The molecule has 0 amide bonds. The summed E-state index contributed by atoms with van der Waals surface area (Å²) in [5.74, 6) is 0.633. The quantitative estimate of drug-likeness (QED) is 0.818. The van der Waals surface area contributed by atoms with Crippen molar-refractivity contribution in [3.63, 3.8) is 0 Å². The largest absolute Gasteiger partial charge is 0.393 e. The van der Waals surface area contributed by atoms with Crippen molar-refractivity contribution in [1.82, 2.24) is 9.78 Å². The lowest BCUT2D eigenvalue weighted by atomic mass is 10.0.